The van der Waals surface area contributed by atoms with Crippen molar-refractivity contribution in [1.82, 2.24) is 9.97 Å². The molecule has 3 N–H and O–H groups in total. The van der Waals surface area contributed by atoms with Crippen LogP contribution in [0.1, 0.15) is 0 Å². The third-order valence-electron chi connectivity index (χ3n) is 1.94. The second-order valence-corrected chi connectivity index (χ2v) is 5.35. The summed E-state index contributed by atoms with van der Waals surface area (Å²) in [5, 5.41) is 3.68. The van der Waals surface area contributed by atoms with Gasteiger partial charge in [-0.2, -0.15) is 4.98 Å². The molecule has 0 aliphatic rings. The van der Waals surface area contributed by atoms with Gasteiger partial charge in [0.1, 0.15) is 5.82 Å². The summed E-state index contributed by atoms with van der Waals surface area (Å²) < 4.78 is 1.63. The lowest BCUT2D eigenvalue weighted by Gasteiger charge is -2.09. The number of hydrogen-bond donors (Lipinski definition) is 2. The van der Waals surface area contributed by atoms with E-state index in [1.54, 1.807) is 12.3 Å². The summed E-state index contributed by atoms with van der Waals surface area (Å²) in [4.78, 5) is 7.93. The van der Waals surface area contributed by atoms with Crippen LogP contribution in [-0.4, -0.2) is 9.97 Å². The van der Waals surface area contributed by atoms with Crippen LogP contribution in [0.2, 0.25) is 5.02 Å². The first-order valence-electron chi connectivity index (χ1n) is 4.56. The number of hydrogen-bond acceptors (Lipinski definition) is 4. The molecule has 2 rings (SSSR count). The molecule has 0 saturated heterocycles. The molecular formula is C10H7Br2ClN4. The lowest BCUT2D eigenvalue weighted by atomic mass is 10.3. The van der Waals surface area contributed by atoms with Gasteiger partial charge in [0, 0.05) is 10.7 Å². The quantitative estimate of drug-likeness (QED) is 0.830. The summed E-state index contributed by atoms with van der Waals surface area (Å²) in [6.45, 7) is 0. The van der Waals surface area contributed by atoms with Gasteiger partial charge < -0.3 is 11.1 Å². The standard InChI is InChI=1S/C10H7Br2ClN4/c11-5-1-2-7(13)8(3-5)16-9-6(12)4-15-10(14)17-9/h1-4H,(H3,14,15,16,17). The molecule has 0 saturated carbocycles. The fourth-order valence-corrected chi connectivity index (χ4v) is 2.01. The molecule has 0 aliphatic carbocycles. The van der Waals surface area contributed by atoms with E-state index in [0.29, 0.717) is 15.3 Å². The van der Waals surface area contributed by atoms with Crippen molar-refractivity contribution in [1.29, 1.82) is 0 Å². The van der Waals surface area contributed by atoms with Gasteiger partial charge in [-0.3, -0.25) is 0 Å². The second-order valence-electron chi connectivity index (χ2n) is 3.17. The van der Waals surface area contributed by atoms with Gasteiger partial charge >= 0.3 is 0 Å². The molecule has 0 fully saturated rings. The first kappa shape index (κ1) is 12.6. The number of anilines is 3. The van der Waals surface area contributed by atoms with Gasteiger partial charge in [-0.25, -0.2) is 4.98 Å². The molecule has 0 atom stereocenters. The molecule has 0 bridgehead atoms. The molecule has 1 aromatic carbocycles. The van der Waals surface area contributed by atoms with Crippen LogP contribution < -0.4 is 11.1 Å². The first-order valence-corrected chi connectivity index (χ1v) is 6.53. The maximum Gasteiger partial charge on any atom is 0.222 e. The van der Waals surface area contributed by atoms with E-state index in [9.17, 15) is 0 Å². The number of nitrogens with zero attached hydrogens (tertiary/aromatic N) is 2. The monoisotopic (exact) mass is 376 g/mol. The molecule has 2 aromatic rings. The van der Waals surface area contributed by atoms with Crippen molar-refractivity contribution in [3.8, 4) is 0 Å². The average Bonchev–Trinajstić information content (AvgIpc) is 2.28. The molecule has 1 aromatic heterocycles. The highest BCUT2D eigenvalue weighted by molar-refractivity contribution is 9.10. The maximum absolute atomic E-state index is 6.06. The Labute approximate surface area is 120 Å². The number of nitrogens with one attached hydrogen (secondary N) is 1. The van der Waals surface area contributed by atoms with E-state index in [0.717, 1.165) is 10.2 Å². The van der Waals surface area contributed by atoms with Gasteiger partial charge in [0.15, 0.2) is 0 Å². The van der Waals surface area contributed by atoms with E-state index in [-0.39, 0.29) is 5.95 Å². The van der Waals surface area contributed by atoms with Crippen molar-refractivity contribution in [2.75, 3.05) is 11.1 Å². The van der Waals surface area contributed by atoms with Crippen LogP contribution >= 0.6 is 43.5 Å². The fourth-order valence-electron chi connectivity index (χ4n) is 1.19. The Morgan fingerprint density at radius 2 is 2.06 bits per heavy atom. The Morgan fingerprint density at radius 1 is 1.29 bits per heavy atom. The van der Waals surface area contributed by atoms with Crippen molar-refractivity contribution in [3.63, 3.8) is 0 Å². The Morgan fingerprint density at radius 3 is 2.82 bits per heavy atom. The Bertz CT molecular complexity index is 512. The molecule has 7 heteroatoms. The minimum Gasteiger partial charge on any atom is -0.368 e. The largest absolute Gasteiger partial charge is 0.368 e. The lowest BCUT2D eigenvalue weighted by molar-refractivity contribution is 1.17. The van der Waals surface area contributed by atoms with Crippen LogP contribution in [-0.2, 0) is 0 Å². The van der Waals surface area contributed by atoms with Crippen LogP contribution in [0.5, 0.6) is 0 Å². The Balaban J connectivity index is 2.37. The van der Waals surface area contributed by atoms with Crippen molar-refractivity contribution >= 4 is 60.9 Å². The van der Waals surface area contributed by atoms with E-state index in [1.807, 2.05) is 12.1 Å². The normalized spacial score (nSPS) is 10.3. The average molecular weight is 378 g/mol. The topological polar surface area (TPSA) is 63.8 Å². The van der Waals surface area contributed by atoms with E-state index in [4.69, 9.17) is 17.3 Å². The van der Waals surface area contributed by atoms with Crippen LogP contribution in [0.25, 0.3) is 0 Å². The number of aromatic nitrogens is 2. The third-order valence-corrected chi connectivity index (χ3v) is 3.35. The number of rotatable bonds is 2. The predicted molar refractivity (Wildman–Crippen MR) is 76.6 cm³/mol. The maximum atomic E-state index is 6.06. The summed E-state index contributed by atoms with van der Waals surface area (Å²) in [6, 6.07) is 5.50. The molecule has 0 amide bonds. The molecule has 88 valence electrons. The number of nitrogens with two attached hydrogens (primary N) is 1. The highest BCUT2D eigenvalue weighted by Gasteiger charge is 2.07. The summed E-state index contributed by atoms with van der Waals surface area (Å²) >= 11 is 12.8. The molecule has 1 heterocycles. The van der Waals surface area contributed by atoms with Gasteiger partial charge in [0.05, 0.1) is 15.2 Å². The third kappa shape index (κ3) is 3.08. The van der Waals surface area contributed by atoms with Crippen LogP contribution in [0.3, 0.4) is 0 Å². The molecule has 0 aliphatic heterocycles. The highest BCUT2D eigenvalue weighted by atomic mass is 79.9. The van der Waals surface area contributed by atoms with Crippen molar-refractivity contribution in [2.24, 2.45) is 0 Å². The van der Waals surface area contributed by atoms with E-state index < -0.39 is 0 Å². The van der Waals surface area contributed by atoms with Crippen LogP contribution in [0.15, 0.2) is 33.3 Å². The van der Waals surface area contributed by atoms with Gasteiger partial charge in [-0.1, -0.05) is 27.5 Å². The van der Waals surface area contributed by atoms with Crippen molar-refractivity contribution in [3.05, 3.63) is 38.4 Å². The fraction of sp³-hybridized carbons (Fsp3) is 0. The van der Waals surface area contributed by atoms with Crippen molar-refractivity contribution in [2.45, 2.75) is 0 Å². The molecule has 0 unspecified atom stereocenters. The van der Waals surface area contributed by atoms with Crippen molar-refractivity contribution < 1.29 is 0 Å². The number of benzene rings is 1. The second kappa shape index (κ2) is 5.20. The summed E-state index contributed by atoms with van der Waals surface area (Å²) in [6.07, 6.45) is 1.58. The molecule has 4 nitrogen and oxygen atoms in total. The Hall–Kier alpha value is -0.850. The molecular weight excluding hydrogens is 371 g/mol. The van der Waals surface area contributed by atoms with Gasteiger partial charge in [0.2, 0.25) is 5.95 Å². The van der Waals surface area contributed by atoms with Crippen LogP contribution in [0, 0.1) is 0 Å². The van der Waals surface area contributed by atoms with Gasteiger partial charge in [-0.15, -0.1) is 0 Å². The molecule has 0 radical (unpaired) electrons. The summed E-state index contributed by atoms with van der Waals surface area (Å²) in [5.74, 6) is 0.763. The minimum absolute atomic E-state index is 0.196. The van der Waals surface area contributed by atoms with Crippen LogP contribution in [0.4, 0.5) is 17.5 Å². The zero-order valence-corrected chi connectivity index (χ0v) is 12.3. The highest BCUT2D eigenvalue weighted by Crippen LogP contribution is 2.30. The Kier molecular flexibility index (Phi) is 3.86. The van der Waals surface area contributed by atoms with E-state index in [2.05, 4.69) is 47.1 Å². The number of halogens is 3. The molecule has 17 heavy (non-hydrogen) atoms. The minimum atomic E-state index is 0.196. The smallest absolute Gasteiger partial charge is 0.222 e. The first-order chi connectivity index (χ1) is 8.06. The zero-order chi connectivity index (χ0) is 12.4. The van der Waals surface area contributed by atoms with Gasteiger partial charge in [-0.05, 0) is 34.1 Å². The van der Waals surface area contributed by atoms with Gasteiger partial charge in [0.25, 0.3) is 0 Å². The summed E-state index contributed by atoms with van der Waals surface area (Å²) in [7, 11) is 0. The zero-order valence-electron chi connectivity index (χ0n) is 8.42. The lowest BCUT2D eigenvalue weighted by Crippen LogP contribution is -2.00. The van der Waals surface area contributed by atoms with E-state index in [1.165, 1.54) is 0 Å². The predicted octanol–water partition coefficient (Wildman–Crippen LogP) is 3.98. The summed E-state index contributed by atoms with van der Waals surface area (Å²) in [5.41, 5.74) is 6.26. The van der Waals surface area contributed by atoms with E-state index >= 15 is 0 Å². The molecule has 0 spiro atoms. The SMILES string of the molecule is Nc1ncc(Br)c(Nc2cc(Br)ccc2Cl)n1. The number of nitrogen functional groups attached to an aromatic ring is 1.